The number of anilines is 1. The Labute approximate surface area is 152 Å². The lowest BCUT2D eigenvalue weighted by Crippen LogP contribution is -2.10. The Bertz CT molecular complexity index is 633. The van der Waals surface area contributed by atoms with E-state index in [0.29, 0.717) is 19.8 Å². The maximum atomic E-state index is 5.70. The zero-order chi connectivity index (χ0) is 15.9. The molecule has 0 fully saturated rings. The van der Waals surface area contributed by atoms with Crippen LogP contribution >= 0.6 is 50.8 Å². The molecule has 1 N–H and O–H groups in total. The molecule has 0 radical (unpaired) electrons. The Hall–Kier alpha value is -0.310. The molecule has 0 aliphatic rings. The zero-order valence-corrected chi connectivity index (χ0v) is 16.5. The normalized spacial score (nSPS) is 11.1. The van der Waals surface area contributed by atoms with Crippen LogP contribution in [0.15, 0.2) is 28.7 Å². The average Bonchev–Trinajstić information content (AvgIpc) is 2.87. The van der Waals surface area contributed by atoms with E-state index in [1.54, 1.807) is 22.7 Å². The van der Waals surface area contributed by atoms with Gasteiger partial charge >= 0.3 is 0 Å². The molecule has 0 aliphatic carbocycles. The van der Waals surface area contributed by atoms with Gasteiger partial charge in [-0.1, -0.05) is 28.1 Å². The summed E-state index contributed by atoms with van der Waals surface area (Å²) >= 11 is 12.0. The summed E-state index contributed by atoms with van der Waals surface area (Å²) in [6, 6.07) is 8.11. The molecule has 22 heavy (non-hydrogen) atoms. The Morgan fingerprint density at radius 1 is 1.14 bits per heavy atom. The van der Waals surface area contributed by atoms with Crippen molar-refractivity contribution in [3.8, 4) is 0 Å². The van der Waals surface area contributed by atoms with E-state index in [1.807, 2.05) is 38.1 Å². The van der Waals surface area contributed by atoms with Gasteiger partial charge in [-0.25, -0.2) is 0 Å². The molecule has 3 nitrogen and oxygen atoms in total. The highest BCUT2D eigenvalue weighted by atomic mass is 79.9. The van der Waals surface area contributed by atoms with Crippen molar-refractivity contribution < 1.29 is 9.47 Å². The van der Waals surface area contributed by atoms with Crippen LogP contribution in [-0.4, -0.2) is 13.2 Å². The fourth-order valence-electron chi connectivity index (χ4n) is 1.87. The minimum absolute atomic E-state index is 0.324. The Kier molecular flexibility index (Phi) is 7.46. The van der Waals surface area contributed by atoms with Gasteiger partial charge in [0.05, 0.1) is 11.4 Å². The molecule has 2 rings (SSSR count). The van der Waals surface area contributed by atoms with Gasteiger partial charge in [-0.05, 0) is 38.1 Å². The lowest BCUT2D eigenvalue weighted by Gasteiger charge is -2.17. The Morgan fingerprint density at radius 2 is 1.77 bits per heavy atom. The highest BCUT2D eigenvalue weighted by Crippen LogP contribution is 2.34. The monoisotopic (exact) mass is 419 g/mol. The summed E-state index contributed by atoms with van der Waals surface area (Å²) in [4.78, 5) is 2.24. The Morgan fingerprint density at radius 3 is 2.36 bits per heavy atom. The fraction of sp³-hybridized carbons (Fsp3) is 0.400. The van der Waals surface area contributed by atoms with Crippen molar-refractivity contribution in [3.05, 3.63) is 41.6 Å². The molecule has 0 bridgehead atoms. The third kappa shape index (κ3) is 5.11. The standard InChI is InChI=1S/C15H18BrNO2S3/c1-3-18-14(19-4-2)13-12(21-15(20)22-13)9-17-11-7-5-10(16)6-8-11/h5-8,14,17H,3-4,9H2,1-2H3. The number of rotatable bonds is 8. The maximum absolute atomic E-state index is 5.70. The first-order valence-electron chi connectivity index (χ1n) is 6.99. The summed E-state index contributed by atoms with van der Waals surface area (Å²) in [5, 5.41) is 3.42. The van der Waals surface area contributed by atoms with Crippen LogP contribution in [0.2, 0.25) is 0 Å². The van der Waals surface area contributed by atoms with Crippen LogP contribution in [0.3, 0.4) is 0 Å². The van der Waals surface area contributed by atoms with Gasteiger partial charge in [0.25, 0.3) is 0 Å². The van der Waals surface area contributed by atoms with Crippen LogP contribution < -0.4 is 5.32 Å². The molecule has 7 heteroatoms. The number of hydrogen-bond acceptors (Lipinski definition) is 6. The van der Waals surface area contributed by atoms with Crippen molar-refractivity contribution in [2.24, 2.45) is 0 Å². The minimum Gasteiger partial charge on any atom is -0.380 e. The minimum atomic E-state index is -0.324. The van der Waals surface area contributed by atoms with Gasteiger partial charge in [0.2, 0.25) is 0 Å². The number of nitrogens with one attached hydrogen (secondary N) is 1. The third-order valence-electron chi connectivity index (χ3n) is 2.82. The topological polar surface area (TPSA) is 30.5 Å². The molecule has 2 aromatic rings. The second-order valence-corrected chi connectivity index (χ2v) is 8.60. The molecule has 0 atom stereocenters. The van der Waals surface area contributed by atoms with E-state index in [4.69, 9.17) is 21.7 Å². The van der Waals surface area contributed by atoms with Gasteiger partial charge in [0, 0.05) is 28.3 Å². The molecule has 1 aromatic heterocycles. The summed E-state index contributed by atoms with van der Waals surface area (Å²) in [6.45, 7) is 5.87. The zero-order valence-electron chi connectivity index (χ0n) is 12.4. The number of ether oxygens (including phenoxy) is 2. The van der Waals surface area contributed by atoms with Crippen molar-refractivity contribution in [1.82, 2.24) is 0 Å². The average molecular weight is 420 g/mol. The van der Waals surface area contributed by atoms with E-state index in [0.717, 1.165) is 18.2 Å². The van der Waals surface area contributed by atoms with Crippen molar-refractivity contribution in [1.29, 1.82) is 0 Å². The van der Waals surface area contributed by atoms with Crippen LogP contribution in [0.4, 0.5) is 5.69 Å². The maximum Gasteiger partial charge on any atom is 0.194 e. The molecule has 0 aliphatic heterocycles. The van der Waals surface area contributed by atoms with Crippen molar-refractivity contribution >= 4 is 56.5 Å². The van der Waals surface area contributed by atoms with E-state index < -0.39 is 0 Å². The molecule has 120 valence electrons. The largest absolute Gasteiger partial charge is 0.380 e. The molecule has 0 amide bonds. The second kappa shape index (κ2) is 9.10. The third-order valence-corrected chi connectivity index (χ3v) is 6.08. The SMILES string of the molecule is CCOC(OCC)c1sc(=S)sc1CNc1ccc(Br)cc1. The summed E-state index contributed by atoms with van der Waals surface area (Å²) in [7, 11) is 0. The van der Waals surface area contributed by atoms with Crippen LogP contribution in [-0.2, 0) is 16.0 Å². The van der Waals surface area contributed by atoms with Gasteiger partial charge in [0.15, 0.2) is 6.29 Å². The molecule has 0 saturated heterocycles. The van der Waals surface area contributed by atoms with Gasteiger partial charge in [0.1, 0.15) is 3.14 Å². The van der Waals surface area contributed by atoms with Crippen molar-refractivity contribution in [2.45, 2.75) is 26.7 Å². The molecular weight excluding hydrogens is 402 g/mol. The molecular formula is C15H18BrNO2S3. The fourth-order valence-corrected chi connectivity index (χ4v) is 4.84. The summed E-state index contributed by atoms with van der Waals surface area (Å²) in [5.41, 5.74) is 1.07. The van der Waals surface area contributed by atoms with Crippen LogP contribution in [0, 0.1) is 3.14 Å². The lowest BCUT2D eigenvalue weighted by molar-refractivity contribution is -0.138. The van der Waals surface area contributed by atoms with E-state index in [-0.39, 0.29) is 6.29 Å². The Balaban J connectivity index is 2.13. The lowest BCUT2D eigenvalue weighted by atomic mass is 10.3. The van der Waals surface area contributed by atoms with E-state index in [1.165, 1.54) is 4.88 Å². The van der Waals surface area contributed by atoms with E-state index >= 15 is 0 Å². The first-order valence-corrected chi connectivity index (χ1v) is 9.82. The first kappa shape index (κ1) is 18.0. The first-order chi connectivity index (χ1) is 10.6. The van der Waals surface area contributed by atoms with Gasteiger partial charge in [-0.15, -0.1) is 22.7 Å². The van der Waals surface area contributed by atoms with Crippen LogP contribution in [0.25, 0.3) is 0 Å². The molecule has 0 saturated carbocycles. The smallest absolute Gasteiger partial charge is 0.194 e. The van der Waals surface area contributed by atoms with Gasteiger partial charge in [-0.3, -0.25) is 0 Å². The summed E-state index contributed by atoms with van der Waals surface area (Å²) < 4.78 is 13.4. The van der Waals surface area contributed by atoms with Gasteiger partial charge in [-0.2, -0.15) is 0 Å². The van der Waals surface area contributed by atoms with Crippen LogP contribution in [0.1, 0.15) is 29.9 Å². The second-order valence-electron chi connectivity index (χ2n) is 4.34. The highest BCUT2D eigenvalue weighted by Gasteiger charge is 2.19. The van der Waals surface area contributed by atoms with Crippen LogP contribution in [0.5, 0.6) is 0 Å². The number of hydrogen-bond donors (Lipinski definition) is 1. The summed E-state index contributed by atoms with van der Waals surface area (Å²) in [6.07, 6.45) is -0.324. The van der Waals surface area contributed by atoms with Crippen molar-refractivity contribution in [2.75, 3.05) is 18.5 Å². The molecule has 0 spiro atoms. The number of halogens is 1. The molecule has 1 heterocycles. The molecule has 1 aromatic carbocycles. The number of benzene rings is 1. The predicted octanol–water partition coefficient (Wildman–Crippen LogP) is 5.99. The van der Waals surface area contributed by atoms with Crippen molar-refractivity contribution in [3.63, 3.8) is 0 Å². The molecule has 0 unspecified atom stereocenters. The van der Waals surface area contributed by atoms with E-state index in [2.05, 4.69) is 21.2 Å². The summed E-state index contributed by atoms with van der Waals surface area (Å²) in [5.74, 6) is 0. The van der Waals surface area contributed by atoms with Gasteiger partial charge < -0.3 is 14.8 Å². The highest BCUT2D eigenvalue weighted by molar-refractivity contribution is 9.10. The quantitative estimate of drug-likeness (QED) is 0.420. The van der Waals surface area contributed by atoms with E-state index in [9.17, 15) is 0 Å². The predicted molar refractivity (Wildman–Crippen MR) is 100 cm³/mol.